The van der Waals surface area contributed by atoms with Gasteiger partial charge in [0, 0.05) is 44.4 Å². The Kier molecular flexibility index (Phi) is 5.93. The van der Waals surface area contributed by atoms with Crippen LogP contribution in [0, 0.1) is 0 Å². The van der Waals surface area contributed by atoms with E-state index in [9.17, 15) is 9.59 Å². The highest BCUT2D eigenvalue weighted by Crippen LogP contribution is 2.29. The summed E-state index contributed by atoms with van der Waals surface area (Å²) in [5, 5.41) is 2.90. The van der Waals surface area contributed by atoms with Gasteiger partial charge in [-0.1, -0.05) is 6.92 Å². The molecule has 1 aliphatic heterocycles. The van der Waals surface area contributed by atoms with E-state index in [1.165, 1.54) is 0 Å². The Morgan fingerprint density at radius 1 is 1.48 bits per heavy atom. The van der Waals surface area contributed by atoms with Crippen molar-refractivity contribution in [3.8, 4) is 0 Å². The van der Waals surface area contributed by atoms with Crippen molar-refractivity contribution < 1.29 is 9.59 Å². The number of benzene rings is 1. The van der Waals surface area contributed by atoms with Crippen LogP contribution in [0.25, 0.3) is 0 Å². The second kappa shape index (κ2) is 7.73. The quantitative estimate of drug-likeness (QED) is 0.899. The van der Waals surface area contributed by atoms with E-state index in [4.69, 9.17) is 0 Å². The summed E-state index contributed by atoms with van der Waals surface area (Å²) in [4.78, 5) is 28.4. The van der Waals surface area contributed by atoms with Crippen LogP contribution in [0.5, 0.6) is 0 Å². The number of nitrogens with one attached hydrogen (secondary N) is 1. The Balaban J connectivity index is 2.27. The van der Waals surface area contributed by atoms with Crippen molar-refractivity contribution in [1.29, 1.82) is 0 Å². The summed E-state index contributed by atoms with van der Waals surface area (Å²) >= 11 is 1.74. The number of carbonyl (C=O) groups excluding carboxylic acids is 2. The van der Waals surface area contributed by atoms with Gasteiger partial charge in [0.1, 0.15) is 0 Å². The van der Waals surface area contributed by atoms with E-state index >= 15 is 0 Å². The molecule has 6 heteroatoms. The molecule has 0 spiro atoms. The number of hydrogen-bond acceptors (Lipinski definition) is 4. The van der Waals surface area contributed by atoms with Crippen molar-refractivity contribution >= 4 is 35.0 Å². The molecule has 0 fully saturated rings. The maximum absolute atomic E-state index is 12.7. The van der Waals surface area contributed by atoms with Gasteiger partial charge in [-0.05, 0) is 30.9 Å². The first-order valence-corrected chi connectivity index (χ1v) is 9.28. The smallest absolute Gasteiger partial charge is 0.253 e. The van der Waals surface area contributed by atoms with E-state index in [1.54, 1.807) is 22.7 Å². The molecule has 0 saturated carbocycles. The van der Waals surface area contributed by atoms with Crippen molar-refractivity contribution in [3.63, 3.8) is 0 Å². The Labute approximate surface area is 142 Å². The molecular weight excluding hydrogens is 310 g/mol. The van der Waals surface area contributed by atoms with Crippen molar-refractivity contribution in [2.75, 3.05) is 42.9 Å². The summed E-state index contributed by atoms with van der Waals surface area (Å²) in [6.45, 7) is 2.77. The first kappa shape index (κ1) is 17.7. The molecule has 2 amide bonds. The molecule has 23 heavy (non-hydrogen) atoms. The van der Waals surface area contributed by atoms with Gasteiger partial charge >= 0.3 is 0 Å². The summed E-state index contributed by atoms with van der Waals surface area (Å²) in [7, 11) is 3.81. The number of amides is 2. The number of nitrogens with zero attached hydrogens (tertiary/aromatic N) is 2. The predicted octanol–water partition coefficient (Wildman–Crippen LogP) is 2.68. The topological polar surface area (TPSA) is 52.7 Å². The summed E-state index contributed by atoms with van der Waals surface area (Å²) in [5.74, 6) is 0.903. The SMILES string of the molecule is CC[C@H](CSC)N(C)C(=O)c1ccc2c(c1)NC(=O)CCN2C. The molecule has 0 aliphatic carbocycles. The van der Waals surface area contributed by atoms with E-state index in [0.717, 1.165) is 17.9 Å². The molecule has 1 aromatic rings. The highest BCUT2D eigenvalue weighted by Gasteiger charge is 2.22. The van der Waals surface area contributed by atoms with Crippen LogP contribution in [-0.2, 0) is 4.79 Å². The summed E-state index contributed by atoms with van der Waals surface area (Å²) in [6, 6.07) is 5.77. The average Bonchev–Trinajstić information content (AvgIpc) is 2.69. The van der Waals surface area contributed by atoms with Gasteiger partial charge in [0.25, 0.3) is 5.91 Å². The minimum Gasteiger partial charge on any atom is -0.372 e. The van der Waals surface area contributed by atoms with Crippen molar-refractivity contribution in [2.24, 2.45) is 0 Å². The number of anilines is 2. The fourth-order valence-corrected chi connectivity index (χ4v) is 3.61. The molecule has 1 N–H and O–H groups in total. The summed E-state index contributed by atoms with van der Waals surface area (Å²) in [5.41, 5.74) is 2.28. The zero-order chi connectivity index (χ0) is 17.0. The van der Waals surface area contributed by atoms with E-state index in [2.05, 4.69) is 18.5 Å². The monoisotopic (exact) mass is 335 g/mol. The first-order valence-electron chi connectivity index (χ1n) is 7.89. The standard InChI is InChI=1S/C17H25N3O2S/c1-5-13(11-23-4)20(3)17(22)12-6-7-15-14(10-12)18-16(21)8-9-19(15)2/h6-7,10,13H,5,8-9,11H2,1-4H3,(H,18,21)/t13-/m1/s1. The molecule has 0 saturated heterocycles. The molecule has 0 bridgehead atoms. The molecule has 126 valence electrons. The molecular formula is C17H25N3O2S. The minimum atomic E-state index is -0.0117. The van der Waals surface area contributed by atoms with Gasteiger partial charge in [0.2, 0.25) is 5.91 Å². The van der Waals surface area contributed by atoms with Gasteiger partial charge in [0.15, 0.2) is 0 Å². The molecule has 1 heterocycles. The van der Waals surface area contributed by atoms with Crippen LogP contribution >= 0.6 is 11.8 Å². The summed E-state index contributed by atoms with van der Waals surface area (Å²) < 4.78 is 0. The third-order valence-corrected chi connectivity index (χ3v) is 5.02. The average molecular weight is 335 g/mol. The van der Waals surface area contributed by atoms with E-state index in [0.29, 0.717) is 24.2 Å². The van der Waals surface area contributed by atoms with Gasteiger partial charge in [-0.15, -0.1) is 0 Å². The van der Waals surface area contributed by atoms with Gasteiger partial charge in [-0.3, -0.25) is 9.59 Å². The first-order chi connectivity index (χ1) is 11.0. The van der Waals surface area contributed by atoms with Gasteiger partial charge in [-0.25, -0.2) is 0 Å². The molecule has 1 aromatic carbocycles. The number of fused-ring (bicyclic) bond motifs is 1. The molecule has 0 aromatic heterocycles. The largest absolute Gasteiger partial charge is 0.372 e. The van der Waals surface area contributed by atoms with Gasteiger partial charge < -0.3 is 15.1 Å². The third-order valence-electron chi connectivity index (χ3n) is 4.30. The Morgan fingerprint density at radius 3 is 2.87 bits per heavy atom. The normalized spacial score (nSPS) is 15.5. The number of thioether (sulfide) groups is 1. The van der Waals surface area contributed by atoms with E-state index in [1.807, 2.05) is 31.1 Å². The van der Waals surface area contributed by atoms with E-state index < -0.39 is 0 Å². The number of hydrogen-bond donors (Lipinski definition) is 1. The molecule has 1 atom stereocenters. The lowest BCUT2D eigenvalue weighted by Crippen LogP contribution is -2.38. The fourth-order valence-electron chi connectivity index (χ4n) is 2.77. The Morgan fingerprint density at radius 2 is 2.22 bits per heavy atom. The van der Waals surface area contributed by atoms with Crippen LogP contribution < -0.4 is 10.2 Å². The predicted molar refractivity (Wildman–Crippen MR) is 97.5 cm³/mol. The van der Waals surface area contributed by atoms with Crippen molar-refractivity contribution in [1.82, 2.24) is 4.90 Å². The van der Waals surface area contributed by atoms with Crippen LogP contribution in [0.4, 0.5) is 11.4 Å². The maximum atomic E-state index is 12.7. The zero-order valence-electron chi connectivity index (χ0n) is 14.3. The zero-order valence-corrected chi connectivity index (χ0v) is 15.1. The van der Waals surface area contributed by atoms with Crippen molar-refractivity contribution in [3.05, 3.63) is 23.8 Å². The summed E-state index contributed by atoms with van der Waals surface area (Å²) in [6.07, 6.45) is 3.43. The molecule has 5 nitrogen and oxygen atoms in total. The molecule has 0 radical (unpaired) electrons. The Bertz CT molecular complexity index is 591. The number of rotatable bonds is 5. The van der Waals surface area contributed by atoms with Crippen LogP contribution in [0.3, 0.4) is 0 Å². The van der Waals surface area contributed by atoms with Crippen LogP contribution in [-0.4, -0.2) is 55.4 Å². The van der Waals surface area contributed by atoms with Crippen molar-refractivity contribution in [2.45, 2.75) is 25.8 Å². The second-order valence-corrected chi connectivity index (χ2v) is 6.80. The van der Waals surface area contributed by atoms with Crippen LogP contribution in [0.1, 0.15) is 30.1 Å². The lowest BCUT2D eigenvalue weighted by Gasteiger charge is -2.27. The second-order valence-electron chi connectivity index (χ2n) is 5.89. The minimum absolute atomic E-state index is 0.00477. The number of carbonyl (C=O) groups is 2. The lowest BCUT2D eigenvalue weighted by molar-refractivity contribution is -0.115. The highest BCUT2D eigenvalue weighted by atomic mass is 32.2. The highest BCUT2D eigenvalue weighted by molar-refractivity contribution is 7.98. The van der Waals surface area contributed by atoms with Gasteiger partial charge in [-0.2, -0.15) is 11.8 Å². The van der Waals surface area contributed by atoms with Crippen LogP contribution in [0.2, 0.25) is 0 Å². The van der Waals surface area contributed by atoms with E-state index in [-0.39, 0.29) is 17.9 Å². The maximum Gasteiger partial charge on any atom is 0.253 e. The molecule has 0 unspecified atom stereocenters. The molecule has 1 aliphatic rings. The van der Waals surface area contributed by atoms with Gasteiger partial charge in [0.05, 0.1) is 11.4 Å². The lowest BCUT2D eigenvalue weighted by atomic mass is 10.1. The Hall–Kier alpha value is -1.69. The van der Waals surface area contributed by atoms with Crippen LogP contribution in [0.15, 0.2) is 18.2 Å². The molecule has 2 rings (SSSR count). The third kappa shape index (κ3) is 3.99. The fraction of sp³-hybridized carbons (Fsp3) is 0.529.